The molecule has 2 rings (SSSR count). The first-order chi connectivity index (χ1) is 14.6. The second-order valence-electron chi connectivity index (χ2n) is 7.50. The van der Waals surface area contributed by atoms with E-state index < -0.39 is 11.7 Å². The van der Waals surface area contributed by atoms with Crippen molar-refractivity contribution < 1.29 is 27.5 Å². The van der Waals surface area contributed by atoms with Gasteiger partial charge in [-0.25, -0.2) is 0 Å². The molecule has 1 aliphatic rings. The lowest BCUT2D eigenvalue weighted by Gasteiger charge is -2.24. The van der Waals surface area contributed by atoms with Crippen LogP contribution < -0.4 is 0 Å². The second kappa shape index (κ2) is 10.8. The summed E-state index contributed by atoms with van der Waals surface area (Å²) in [4.78, 5) is 25.6. The van der Waals surface area contributed by atoms with Gasteiger partial charge in [-0.2, -0.15) is 13.2 Å². The summed E-state index contributed by atoms with van der Waals surface area (Å²) >= 11 is 6.06. The van der Waals surface area contributed by atoms with Gasteiger partial charge in [0.05, 0.1) is 12.7 Å². The fraction of sp³-hybridized carbons (Fsp3) is 0.478. The predicted molar refractivity (Wildman–Crippen MR) is 114 cm³/mol. The number of carbonyl (C=O) groups is 2. The van der Waals surface area contributed by atoms with Gasteiger partial charge in [0, 0.05) is 30.5 Å². The van der Waals surface area contributed by atoms with E-state index in [9.17, 15) is 22.8 Å². The van der Waals surface area contributed by atoms with Crippen molar-refractivity contribution >= 4 is 29.1 Å². The molecule has 1 aromatic rings. The van der Waals surface area contributed by atoms with Crippen LogP contribution in [0.4, 0.5) is 13.2 Å². The maximum absolute atomic E-state index is 13.4. The molecule has 0 heterocycles. The molecule has 0 spiro atoms. The molecule has 0 N–H and O–H groups in total. The van der Waals surface area contributed by atoms with E-state index >= 15 is 0 Å². The third-order valence-corrected chi connectivity index (χ3v) is 5.13. The molecule has 0 radical (unpaired) electrons. The quantitative estimate of drug-likeness (QED) is 0.340. The Bertz CT molecular complexity index is 869. The molecular weight excluding hydrogens is 431 g/mol. The molecule has 1 fully saturated rings. The van der Waals surface area contributed by atoms with Crippen molar-refractivity contribution in [2.45, 2.75) is 52.3 Å². The normalized spacial score (nSPS) is 15.1. The summed E-state index contributed by atoms with van der Waals surface area (Å²) < 4.78 is 44.8. The number of ether oxygens (including phenoxy) is 1. The number of alkyl halides is 3. The molecular formula is C23H27ClF3NO3. The highest BCUT2D eigenvalue weighted by Gasteiger charge is 2.34. The van der Waals surface area contributed by atoms with Crippen LogP contribution in [0.25, 0.3) is 5.57 Å². The maximum atomic E-state index is 13.4. The van der Waals surface area contributed by atoms with Gasteiger partial charge in [-0.3, -0.25) is 9.59 Å². The number of benzene rings is 1. The number of methoxy groups -OCH3 is 1. The first kappa shape index (κ1) is 25.0. The van der Waals surface area contributed by atoms with Crippen LogP contribution in [0.2, 0.25) is 0 Å². The number of amides is 1. The van der Waals surface area contributed by atoms with Gasteiger partial charge in [-0.15, -0.1) is 0 Å². The number of carbonyl (C=O) groups excluding carboxylic acids is 2. The van der Waals surface area contributed by atoms with Crippen LogP contribution in [-0.4, -0.2) is 30.4 Å². The third-order valence-electron chi connectivity index (χ3n) is 5.02. The van der Waals surface area contributed by atoms with Gasteiger partial charge in [-0.05, 0) is 68.0 Å². The number of halogens is 4. The highest BCUT2D eigenvalue weighted by atomic mass is 35.5. The number of nitrogens with zero attached hydrogens (tertiary/aromatic N) is 1. The van der Waals surface area contributed by atoms with Crippen LogP contribution in [-0.2, 0) is 27.0 Å². The summed E-state index contributed by atoms with van der Waals surface area (Å²) in [5, 5.41) is 0.441. The molecule has 0 bridgehead atoms. The minimum atomic E-state index is -4.50. The van der Waals surface area contributed by atoms with E-state index in [1.54, 1.807) is 24.0 Å². The number of hydrogen-bond donors (Lipinski definition) is 0. The van der Waals surface area contributed by atoms with Gasteiger partial charge in [0.1, 0.15) is 0 Å². The molecule has 8 heteroatoms. The molecule has 170 valence electrons. The first-order valence-corrected chi connectivity index (χ1v) is 10.5. The number of hydrogen-bond acceptors (Lipinski definition) is 3. The highest BCUT2D eigenvalue weighted by molar-refractivity contribution is 6.29. The fourth-order valence-corrected chi connectivity index (χ4v) is 3.35. The fourth-order valence-electron chi connectivity index (χ4n) is 3.23. The molecule has 1 amide bonds. The second-order valence-corrected chi connectivity index (χ2v) is 8.10. The van der Waals surface area contributed by atoms with Crippen molar-refractivity contribution in [2.24, 2.45) is 5.92 Å². The Morgan fingerprint density at radius 3 is 2.48 bits per heavy atom. The van der Waals surface area contributed by atoms with E-state index in [0.29, 0.717) is 34.7 Å². The van der Waals surface area contributed by atoms with Gasteiger partial charge in [0.2, 0.25) is 5.91 Å². The summed E-state index contributed by atoms with van der Waals surface area (Å²) in [5.41, 5.74) is 0.737. The molecule has 1 aliphatic carbocycles. The van der Waals surface area contributed by atoms with E-state index in [-0.39, 0.29) is 30.8 Å². The lowest BCUT2D eigenvalue weighted by atomic mass is 9.95. The van der Waals surface area contributed by atoms with Crippen molar-refractivity contribution in [3.05, 3.63) is 52.1 Å². The number of rotatable bonds is 9. The van der Waals surface area contributed by atoms with E-state index in [2.05, 4.69) is 4.74 Å². The maximum Gasteiger partial charge on any atom is 0.416 e. The SMILES string of the molecule is CCN(Cc1cc(C(F)(F)F)ccc1C(/C=C(\C)Cl)=C/CCC(=O)OC)C(=O)C1CC1. The third kappa shape index (κ3) is 7.42. The first-order valence-electron chi connectivity index (χ1n) is 10.2. The van der Waals surface area contributed by atoms with Crippen molar-refractivity contribution in [1.82, 2.24) is 4.90 Å². The summed E-state index contributed by atoms with van der Waals surface area (Å²) in [6.07, 6.45) is 0.985. The predicted octanol–water partition coefficient (Wildman–Crippen LogP) is 5.94. The van der Waals surface area contributed by atoms with Gasteiger partial charge in [-0.1, -0.05) is 23.7 Å². The minimum absolute atomic E-state index is 0.0331. The summed E-state index contributed by atoms with van der Waals surface area (Å²) in [7, 11) is 1.29. The van der Waals surface area contributed by atoms with E-state index in [4.69, 9.17) is 11.6 Å². The molecule has 4 nitrogen and oxygen atoms in total. The topological polar surface area (TPSA) is 46.6 Å². The molecule has 0 atom stereocenters. The minimum Gasteiger partial charge on any atom is -0.469 e. The molecule has 31 heavy (non-hydrogen) atoms. The van der Waals surface area contributed by atoms with Crippen molar-refractivity contribution in [3.8, 4) is 0 Å². The van der Waals surface area contributed by atoms with Gasteiger partial charge < -0.3 is 9.64 Å². The van der Waals surface area contributed by atoms with Gasteiger partial charge in [0.15, 0.2) is 0 Å². The number of esters is 1. The molecule has 1 aromatic carbocycles. The summed E-state index contributed by atoms with van der Waals surface area (Å²) in [5.74, 6) is -0.456. The van der Waals surface area contributed by atoms with Gasteiger partial charge in [0.25, 0.3) is 0 Å². The summed E-state index contributed by atoms with van der Waals surface area (Å²) in [6, 6.07) is 3.50. The zero-order valence-corrected chi connectivity index (χ0v) is 18.6. The molecule has 1 saturated carbocycles. The van der Waals surface area contributed by atoms with Crippen LogP contribution in [0.15, 0.2) is 35.4 Å². The Morgan fingerprint density at radius 2 is 1.97 bits per heavy atom. The Labute approximate surface area is 185 Å². The largest absolute Gasteiger partial charge is 0.469 e. The Balaban J connectivity index is 2.48. The van der Waals surface area contributed by atoms with Crippen LogP contribution in [0.1, 0.15) is 56.2 Å². The average Bonchev–Trinajstić information content (AvgIpc) is 3.54. The Kier molecular flexibility index (Phi) is 8.74. The lowest BCUT2D eigenvalue weighted by Crippen LogP contribution is -2.32. The standard InChI is InChI=1S/C23H27ClF3NO3/c1-4-28(22(30)16-8-9-16)14-18-13-19(23(25,26)27)10-11-20(18)17(12-15(2)24)6-5-7-21(29)31-3/h6,10-13,16H,4-5,7-9,14H2,1-3H3/b15-12+,17-6+. The van der Waals surface area contributed by atoms with Crippen LogP contribution >= 0.6 is 11.6 Å². The Hall–Kier alpha value is -2.28. The lowest BCUT2D eigenvalue weighted by molar-refractivity contribution is -0.140. The zero-order valence-electron chi connectivity index (χ0n) is 17.9. The molecule has 0 aromatic heterocycles. The molecule has 0 aliphatic heterocycles. The summed E-state index contributed by atoms with van der Waals surface area (Å²) in [6.45, 7) is 3.93. The van der Waals surface area contributed by atoms with Crippen LogP contribution in [0, 0.1) is 5.92 Å². The molecule has 0 unspecified atom stereocenters. The van der Waals surface area contributed by atoms with Crippen LogP contribution in [0.3, 0.4) is 0 Å². The van der Waals surface area contributed by atoms with Crippen molar-refractivity contribution in [1.29, 1.82) is 0 Å². The average molecular weight is 458 g/mol. The van der Waals surface area contributed by atoms with E-state index in [1.165, 1.54) is 13.2 Å². The Morgan fingerprint density at radius 1 is 1.29 bits per heavy atom. The van der Waals surface area contributed by atoms with Crippen molar-refractivity contribution in [2.75, 3.05) is 13.7 Å². The van der Waals surface area contributed by atoms with E-state index in [0.717, 1.165) is 25.0 Å². The highest BCUT2D eigenvalue weighted by Crippen LogP contribution is 2.35. The van der Waals surface area contributed by atoms with E-state index in [1.807, 2.05) is 6.92 Å². The zero-order chi connectivity index (χ0) is 23.2. The van der Waals surface area contributed by atoms with Crippen molar-refractivity contribution in [3.63, 3.8) is 0 Å². The monoisotopic (exact) mass is 457 g/mol. The molecule has 0 saturated heterocycles. The van der Waals surface area contributed by atoms with Crippen LogP contribution in [0.5, 0.6) is 0 Å². The van der Waals surface area contributed by atoms with Gasteiger partial charge >= 0.3 is 12.1 Å². The smallest absolute Gasteiger partial charge is 0.416 e. The number of allylic oxidation sites excluding steroid dienone is 4.